The van der Waals surface area contributed by atoms with Gasteiger partial charge in [0.2, 0.25) is 5.91 Å². The summed E-state index contributed by atoms with van der Waals surface area (Å²) in [5.74, 6) is -1.64. The molecular weight excluding hydrogens is 414 g/mol. The van der Waals surface area contributed by atoms with Crippen molar-refractivity contribution in [1.29, 1.82) is 0 Å². The van der Waals surface area contributed by atoms with Gasteiger partial charge in [-0.05, 0) is 36.6 Å². The van der Waals surface area contributed by atoms with Crippen molar-refractivity contribution in [1.82, 2.24) is 15.1 Å². The number of piperidine rings is 1. The molecule has 4 rings (SSSR count). The fourth-order valence-electron chi connectivity index (χ4n) is 3.90. The topological polar surface area (TPSA) is 67.2 Å². The number of aromatic nitrogens is 2. The first-order valence-corrected chi connectivity index (χ1v) is 10.6. The maximum atomic E-state index is 13.8. The lowest BCUT2D eigenvalue weighted by Gasteiger charge is -2.33. The third-order valence-electron chi connectivity index (χ3n) is 5.65. The molecule has 1 fully saturated rings. The Hall–Kier alpha value is -3.55. The lowest BCUT2D eigenvalue weighted by atomic mass is 9.96. The van der Waals surface area contributed by atoms with Gasteiger partial charge in [0.15, 0.2) is 0 Å². The van der Waals surface area contributed by atoms with Gasteiger partial charge >= 0.3 is 0 Å². The predicted molar refractivity (Wildman–Crippen MR) is 117 cm³/mol. The Bertz CT molecular complexity index is 1150. The molecule has 1 saturated heterocycles. The molecule has 0 spiro atoms. The molecule has 1 aliphatic rings. The zero-order valence-corrected chi connectivity index (χ0v) is 17.5. The van der Waals surface area contributed by atoms with Gasteiger partial charge in [0.1, 0.15) is 11.6 Å². The summed E-state index contributed by atoms with van der Waals surface area (Å²) in [5, 5.41) is 7.00. The van der Waals surface area contributed by atoms with E-state index in [-0.39, 0.29) is 29.5 Å². The number of hydrogen-bond acceptors (Lipinski definition) is 4. The molecule has 3 aromatic rings. The fraction of sp³-hybridized carbons (Fsp3) is 0.292. The van der Waals surface area contributed by atoms with Crippen molar-refractivity contribution in [2.75, 3.05) is 18.0 Å². The minimum absolute atomic E-state index is 0.0734. The van der Waals surface area contributed by atoms with Crippen LogP contribution in [0.3, 0.4) is 0 Å². The van der Waals surface area contributed by atoms with Gasteiger partial charge in [0.05, 0.1) is 24.3 Å². The van der Waals surface area contributed by atoms with Crippen LogP contribution in [0.5, 0.6) is 0 Å². The highest BCUT2D eigenvalue weighted by atomic mass is 19.1. The highest BCUT2D eigenvalue weighted by Crippen LogP contribution is 2.22. The number of amides is 1. The largest absolute Gasteiger partial charge is 0.369 e. The minimum Gasteiger partial charge on any atom is -0.369 e. The molecule has 0 unspecified atom stereocenters. The van der Waals surface area contributed by atoms with Crippen LogP contribution in [0.1, 0.15) is 24.0 Å². The van der Waals surface area contributed by atoms with Gasteiger partial charge in [0.25, 0.3) is 5.56 Å². The zero-order chi connectivity index (χ0) is 22.5. The fourth-order valence-corrected chi connectivity index (χ4v) is 3.90. The minimum atomic E-state index is -0.556. The van der Waals surface area contributed by atoms with Gasteiger partial charge in [-0.15, -0.1) is 0 Å². The third kappa shape index (κ3) is 5.19. The lowest BCUT2D eigenvalue weighted by molar-refractivity contribution is -0.125. The van der Waals surface area contributed by atoms with Gasteiger partial charge in [0, 0.05) is 31.3 Å². The molecule has 1 aromatic heterocycles. The highest BCUT2D eigenvalue weighted by molar-refractivity contribution is 5.79. The molecule has 0 bridgehead atoms. The van der Waals surface area contributed by atoms with E-state index >= 15 is 0 Å². The summed E-state index contributed by atoms with van der Waals surface area (Å²) in [6.45, 7) is 1.46. The zero-order valence-electron chi connectivity index (χ0n) is 17.5. The molecule has 1 aliphatic heterocycles. The quantitative estimate of drug-likeness (QED) is 0.642. The lowest BCUT2D eigenvalue weighted by Crippen LogP contribution is -2.43. The number of benzene rings is 2. The van der Waals surface area contributed by atoms with E-state index in [9.17, 15) is 18.4 Å². The van der Waals surface area contributed by atoms with Crippen LogP contribution in [0.15, 0.2) is 65.6 Å². The second-order valence-electron chi connectivity index (χ2n) is 7.93. The maximum Gasteiger partial charge on any atom is 0.269 e. The van der Waals surface area contributed by atoms with Crippen LogP contribution < -0.4 is 15.8 Å². The molecule has 2 aromatic carbocycles. The summed E-state index contributed by atoms with van der Waals surface area (Å²) >= 11 is 0. The SMILES string of the molecule is O=C(NCc1cc(F)ccc1F)[C@@H]1CCCN(c2cnn(Cc3ccccc3)c(=O)c2)C1. The summed E-state index contributed by atoms with van der Waals surface area (Å²) in [6, 6.07) is 14.3. The van der Waals surface area contributed by atoms with E-state index in [0.29, 0.717) is 31.7 Å². The van der Waals surface area contributed by atoms with E-state index in [4.69, 9.17) is 0 Å². The summed E-state index contributed by atoms with van der Waals surface area (Å²) in [7, 11) is 0. The number of rotatable bonds is 6. The summed E-state index contributed by atoms with van der Waals surface area (Å²) in [4.78, 5) is 27.2. The standard InChI is InChI=1S/C24H24F2N4O2/c25-20-8-9-22(26)19(11-20)13-27-24(32)18-7-4-10-29(16-18)21-12-23(31)30(28-14-21)15-17-5-2-1-3-6-17/h1-3,5-6,8-9,11-12,14,18H,4,7,10,13,15-16H2,(H,27,32)/t18-/m1/s1. The van der Waals surface area contributed by atoms with E-state index in [2.05, 4.69) is 10.4 Å². The molecule has 1 amide bonds. The summed E-state index contributed by atoms with van der Waals surface area (Å²) in [5.41, 5.74) is 1.56. The van der Waals surface area contributed by atoms with Crippen LogP contribution in [-0.4, -0.2) is 28.8 Å². The average molecular weight is 438 g/mol. The Labute approximate surface area is 184 Å². The number of hydrogen-bond donors (Lipinski definition) is 1. The number of halogens is 2. The number of nitrogens with one attached hydrogen (secondary N) is 1. The van der Waals surface area contributed by atoms with Crippen molar-refractivity contribution in [3.63, 3.8) is 0 Å². The summed E-state index contributed by atoms with van der Waals surface area (Å²) < 4.78 is 28.5. The Morgan fingerprint density at radius 3 is 2.72 bits per heavy atom. The van der Waals surface area contributed by atoms with Gasteiger partial charge in [-0.1, -0.05) is 30.3 Å². The smallest absolute Gasteiger partial charge is 0.269 e. The third-order valence-corrected chi connectivity index (χ3v) is 5.65. The summed E-state index contributed by atoms with van der Waals surface area (Å²) in [6.07, 6.45) is 3.11. The maximum absolute atomic E-state index is 13.8. The van der Waals surface area contributed by atoms with Crippen molar-refractivity contribution in [2.24, 2.45) is 5.92 Å². The Balaban J connectivity index is 1.39. The van der Waals surface area contributed by atoms with Crippen LogP contribution >= 0.6 is 0 Å². The van der Waals surface area contributed by atoms with Crippen molar-refractivity contribution >= 4 is 11.6 Å². The molecule has 166 valence electrons. The molecule has 32 heavy (non-hydrogen) atoms. The molecule has 0 radical (unpaired) electrons. The second kappa shape index (κ2) is 9.72. The van der Waals surface area contributed by atoms with Crippen molar-refractivity contribution in [3.8, 4) is 0 Å². The van der Waals surface area contributed by atoms with Gasteiger partial charge in [-0.3, -0.25) is 9.59 Å². The van der Waals surface area contributed by atoms with Gasteiger partial charge in [-0.25, -0.2) is 13.5 Å². The number of carbonyl (C=O) groups is 1. The van der Waals surface area contributed by atoms with Crippen LogP contribution in [0.25, 0.3) is 0 Å². The van der Waals surface area contributed by atoms with Crippen LogP contribution in [0.4, 0.5) is 14.5 Å². The van der Waals surface area contributed by atoms with E-state index in [1.165, 1.54) is 4.68 Å². The molecular formula is C24H24F2N4O2. The predicted octanol–water partition coefficient (Wildman–Crippen LogP) is 3.10. The van der Waals surface area contributed by atoms with E-state index in [0.717, 1.165) is 30.2 Å². The first kappa shape index (κ1) is 21.7. The molecule has 8 heteroatoms. The van der Waals surface area contributed by atoms with Crippen LogP contribution in [0, 0.1) is 17.6 Å². The Morgan fingerprint density at radius 2 is 1.94 bits per heavy atom. The van der Waals surface area contributed by atoms with Crippen molar-refractivity contribution in [2.45, 2.75) is 25.9 Å². The van der Waals surface area contributed by atoms with E-state index in [1.54, 1.807) is 12.3 Å². The Morgan fingerprint density at radius 1 is 1.12 bits per heavy atom. The first-order chi connectivity index (χ1) is 15.5. The van der Waals surface area contributed by atoms with E-state index in [1.807, 2.05) is 35.2 Å². The average Bonchev–Trinajstić information content (AvgIpc) is 2.81. The number of carbonyl (C=O) groups excluding carboxylic acids is 1. The second-order valence-corrected chi connectivity index (χ2v) is 7.93. The molecule has 1 N–H and O–H groups in total. The number of anilines is 1. The molecule has 0 aliphatic carbocycles. The number of nitrogens with zero attached hydrogens (tertiary/aromatic N) is 3. The first-order valence-electron chi connectivity index (χ1n) is 10.6. The van der Waals surface area contributed by atoms with Crippen molar-refractivity contribution in [3.05, 3.63) is 93.9 Å². The molecule has 6 nitrogen and oxygen atoms in total. The van der Waals surface area contributed by atoms with Crippen LogP contribution in [0.2, 0.25) is 0 Å². The van der Waals surface area contributed by atoms with Crippen LogP contribution in [-0.2, 0) is 17.9 Å². The Kier molecular flexibility index (Phi) is 6.58. The van der Waals surface area contributed by atoms with Crippen molar-refractivity contribution < 1.29 is 13.6 Å². The highest BCUT2D eigenvalue weighted by Gasteiger charge is 2.26. The van der Waals surface area contributed by atoms with E-state index < -0.39 is 11.6 Å². The molecule has 1 atom stereocenters. The normalized spacial score (nSPS) is 16.1. The van der Waals surface area contributed by atoms with Gasteiger partial charge < -0.3 is 10.2 Å². The molecule has 0 saturated carbocycles. The molecule has 2 heterocycles. The monoisotopic (exact) mass is 438 g/mol. The van der Waals surface area contributed by atoms with Gasteiger partial charge in [-0.2, -0.15) is 5.10 Å².